The van der Waals surface area contributed by atoms with E-state index in [9.17, 15) is 4.39 Å². The quantitative estimate of drug-likeness (QED) is 0.825. The Labute approximate surface area is 104 Å². The molecule has 0 heterocycles. The Kier molecular flexibility index (Phi) is 5.42. The number of benzene rings is 1. The average molecular weight is 238 g/mol. The maximum atomic E-state index is 13.9. The third-order valence-electron chi connectivity index (χ3n) is 2.83. The summed E-state index contributed by atoms with van der Waals surface area (Å²) >= 11 is 0. The van der Waals surface area contributed by atoms with Crippen molar-refractivity contribution in [3.63, 3.8) is 0 Å². The molecule has 0 radical (unpaired) electrons. The molecule has 2 N–H and O–H groups in total. The molecule has 0 aliphatic carbocycles. The van der Waals surface area contributed by atoms with Gasteiger partial charge in [0.15, 0.2) is 0 Å². The van der Waals surface area contributed by atoms with Crippen molar-refractivity contribution in [2.75, 3.05) is 18.5 Å². The molecule has 1 atom stereocenters. The minimum absolute atomic E-state index is 0.0677. The number of rotatable bonds is 6. The van der Waals surface area contributed by atoms with Crippen LogP contribution in [-0.2, 0) is 6.42 Å². The van der Waals surface area contributed by atoms with Crippen molar-refractivity contribution in [1.29, 1.82) is 0 Å². The van der Waals surface area contributed by atoms with E-state index in [0.29, 0.717) is 5.69 Å². The Hall–Kier alpha value is -1.09. The smallest absolute Gasteiger partial charge is 0.146 e. The van der Waals surface area contributed by atoms with Gasteiger partial charge in [-0.2, -0.15) is 0 Å². The topological polar surface area (TPSA) is 29.3 Å². The number of unbranched alkanes of at least 4 members (excludes halogenated alkanes) is 1. The molecule has 0 bridgehead atoms. The van der Waals surface area contributed by atoms with Crippen molar-refractivity contribution in [2.24, 2.45) is 5.73 Å². The summed E-state index contributed by atoms with van der Waals surface area (Å²) in [5.41, 5.74) is 7.34. The van der Waals surface area contributed by atoms with E-state index in [4.69, 9.17) is 5.73 Å². The van der Waals surface area contributed by atoms with E-state index in [1.165, 1.54) is 0 Å². The van der Waals surface area contributed by atoms with Crippen molar-refractivity contribution in [1.82, 2.24) is 0 Å². The molecule has 0 spiro atoms. The zero-order valence-electron chi connectivity index (χ0n) is 11.0. The van der Waals surface area contributed by atoms with Crippen molar-refractivity contribution in [2.45, 2.75) is 39.2 Å². The van der Waals surface area contributed by atoms with Gasteiger partial charge in [0.2, 0.25) is 0 Å². The highest BCUT2D eigenvalue weighted by Crippen LogP contribution is 2.20. The van der Waals surface area contributed by atoms with Crippen LogP contribution >= 0.6 is 0 Å². The number of hydrogen-bond acceptors (Lipinski definition) is 2. The van der Waals surface area contributed by atoms with Crippen LogP contribution in [-0.4, -0.2) is 19.6 Å². The molecule has 0 aromatic heterocycles. The minimum atomic E-state index is -0.151. The number of halogens is 1. The Morgan fingerprint density at radius 1 is 1.41 bits per heavy atom. The summed E-state index contributed by atoms with van der Waals surface area (Å²) in [4.78, 5) is 1.97. The molecule has 1 unspecified atom stereocenters. The van der Waals surface area contributed by atoms with E-state index in [-0.39, 0.29) is 11.9 Å². The molecule has 1 aromatic carbocycles. The molecule has 17 heavy (non-hydrogen) atoms. The molecule has 0 saturated heterocycles. The first-order chi connectivity index (χ1) is 8.04. The van der Waals surface area contributed by atoms with Gasteiger partial charge in [-0.25, -0.2) is 4.39 Å². The molecule has 0 amide bonds. The first kappa shape index (κ1) is 14.0. The molecular formula is C14H23FN2. The third kappa shape index (κ3) is 4.35. The highest BCUT2D eigenvalue weighted by Gasteiger charge is 2.08. The molecule has 1 aromatic rings. The second kappa shape index (κ2) is 6.60. The number of nitrogens with zero attached hydrogens (tertiary/aromatic N) is 1. The van der Waals surface area contributed by atoms with Crippen LogP contribution in [0.15, 0.2) is 18.2 Å². The predicted molar refractivity (Wildman–Crippen MR) is 71.9 cm³/mol. The minimum Gasteiger partial charge on any atom is -0.372 e. The second-order valence-corrected chi connectivity index (χ2v) is 4.74. The maximum absolute atomic E-state index is 13.9. The summed E-state index contributed by atoms with van der Waals surface area (Å²) in [7, 11) is 1.93. The van der Waals surface area contributed by atoms with Gasteiger partial charge in [0.25, 0.3) is 0 Å². The van der Waals surface area contributed by atoms with Gasteiger partial charge in [0.05, 0.1) is 5.69 Å². The van der Waals surface area contributed by atoms with Gasteiger partial charge in [-0.05, 0) is 37.5 Å². The lowest BCUT2D eigenvalue weighted by Gasteiger charge is -2.20. The zero-order chi connectivity index (χ0) is 12.8. The molecule has 2 nitrogen and oxygen atoms in total. The third-order valence-corrected chi connectivity index (χ3v) is 2.83. The zero-order valence-corrected chi connectivity index (χ0v) is 11.0. The van der Waals surface area contributed by atoms with Crippen molar-refractivity contribution in [3.05, 3.63) is 29.6 Å². The van der Waals surface area contributed by atoms with Crippen LogP contribution < -0.4 is 10.6 Å². The fourth-order valence-electron chi connectivity index (χ4n) is 1.87. The summed E-state index contributed by atoms with van der Waals surface area (Å²) in [6.45, 7) is 4.95. The lowest BCUT2D eigenvalue weighted by molar-refractivity contribution is 0.615. The summed E-state index contributed by atoms with van der Waals surface area (Å²) < 4.78 is 13.9. The van der Waals surface area contributed by atoms with E-state index < -0.39 is 0 Å². The van der Waals surface area contributed by atoms with Crippen LogP contribution in [0, 0.1) is 5.82 Å². The van der Waals surface area contributed by atoms with Crippen LogP contribution in [0.3, 0.4) is 0 Å². The van der Waals surface area contributed by atoms with Gasteiger partial charge >= 0.3 is 0 Å². The molecule has 3 heteroatoms. The SMILES string of the molecule is CCCCN(C)c1ccc(CC(C)N)cc1F. The molecular weight excluding hydrogens is 215 g/mol. The second-order valence-electron chi connectivity index (χ2n) is 4.74. The Morgan fingerprint density at radius 2 is 2.12 bits per heavy atom. The largest absolute Gasteiger partial charge is 0.372 e. The highest BCUT2D eigenvalue weighted by atomic mass is 19.1. The molecule has 96 valence electrons. The fourth-order valence-corrected chi connectivity index (χ4v) is 1.87. The predicted octanol–water partition coefficient (Wildman–Crippen LogP) is 2.95. The van der Waals surface area contributed by atoms with E-state index in [1.54, 1.807) is 6.07 Å². The fraction of sp³-hybridized carbons (Fsp3) is 0.571. The summed E-state index contributed by atoms with van der Waals surface area (Å²) in [5.74, 6) is -0.151. The van der Waals surface area contributed by atoms with Gasteiger partial charge in [-0.3, -0.25) is 0 Å². The summed E-state index contributed by atoms with van der Waals surface area (Å²) in [6, 6.07) is 5.48. The van der Waals surface area contributed by atoms with Crippen molar-refractivity contribution in [3.8, 4) is 0 Å². The highest BCUT2D eigenvalue weighted by molar-refractivity contribution is 5.48. The van der Waals surface area contributed by atoms with E-state index in [2.05, 4.69) is 6.92 Å². The normalized spacial score (nSPS) is 12.5. The lowest BCUT2D eigenvalue weighted by Crippen LogP contribution is -2.20. The Morgan fingerprint density at radius 3 is 2.65 bits per heavy atom. The van der Waals surface area contributed by atoms with E-state index >= 15 is 0 Å². The average Bonchev–Trinajstić information content (AvgIpc) is 2.25. The van der Waals surface area contributed by atoms with Gasteiger partial charge in [-0.15, -0.1) is 0 Å². The van der Waals surface area contributed by atoms with Crippen molar-refractivity contribution >= 4 is 5.69 Å². The summed E-state index contributed by atoms with van der Waals surface area (Å²) in [5, 5.41) is 0. The van der Waals surface area contributed by atoms with Gasteiger partial charge in [0.1, 0.15) is 5.82 Å². The van der Waals surface area contributed by atoms with Crippen molar-refractivity contribution < 1.29 is 4.39 Å². The monoisotopic (exact) mass is 238 g/mol. The maximum Gasteiger partial charge on any atom is 0.146 e. The number of hydrogen-bond donors (Lipinski definition) is 1. The first-order valence-corrected chi connectivity index (χ1v) is 6.29. The standard InChI is InChI=1S/C14H23FN2/c1-4-5-8-17(3)14-7-6-12(9-11(2)16)10-13(14)15/h6-7,10-11H,4-5,8-9,16H2,1-3H3. The van der Waals surface area contributed by atoms with Crippen LogP contribution in [0.1, 0.15) is 32.3 Å². The van der Waals surface area contributed by atoms with Crippen LogP contribution in [0.2, 0.25) is 0 Å². The molecule has 0 fully saturated rings. The van der Waals surface area contributed by atoms with E-state index in [1.807, 2.05) is 31.0 Å². The first-order valence-electron chi connectivity index (χ1n) is 6.29. The van der Waals surface area contributed by atoms with E-state index in [0.717, 1.165) is 31.4 Å². The van der Waals surface area contributed by atoms with Crippen LogP contribution in [0.25, 0.3) is 0 Å². The molecule has 0 saturated carbocycles. The van der Waals surface area contributed by atoms with Crippen LogP contribution in [0.5, 0.6) is 0 Å². The summed E-state index contributed by atoms with van der Waals surface area (Å²) in [6.07, 6.45) is 2.92. The van der Waals surface area contributed by atoms with Crippen LogP contribution in [0.4, 0.5) is 10.1 Å². The van der Waals surface area contributed by atoms with Gasteiger partial charge in [0, 0.05) is 19.6 Å². The number of anilines is 1. The molecule has 0 aliphatic heterocycles. The Balaban J connectivity index is 2.74. The molecule has 1 rings (SSSR count). The van der Waals surface area contributed by atoms with Gasteiger partial charge in [-0.1, -0.05) is 19.4 Å². The van der Waals surface area contributed by atoms with Gasteiger partial charge < -0.3 is 10.6 Å². The number of nitrogens with two attached hydrogens (primary N) is 1. The lowest BCUT2D eigenvalue weighted by atomic mass is 10.1. The molecule has 0 aliphatic rings. The Bertz CT molecular complexity index is 350.